The Labute approximate surface area is 235 Å². The van der Waals surface area contributed by atoms with E-state index in [1.54, 1.807) is 30.8 Å². The first kappa shape index (κ1) is 26.1. The smallest absolute Gasteiger partial charge is 0.297 e. The number of nitrogens with one attached hydrogen (secondary N) is 1. The third kappa shape index (κ3) is 4.89. The zero-order valence-electron chi connectivity index (χ0n) is 21.8. The minimum absolute atomic E-state index is 0.0662. The fourth-order valence-electron chi connectivity index (χ4n) is 4.43. The lowest BCUT2D eigenvalue weighted by Gasteiger charge is -2.18. The van der Waals surface area contributed by atoms with Gasteiger partial charge in [0.05, 0.1) is 29.0 Å². The molecular weight excluding hydrogens is 550 g/mol. The molecule has 1 N–H and O–H groups in total. The number of carbonyl (C=O) groups is 1. The number of thiazole rings is 1. The maximum Gasteiger partial charge on any atom is 0.297 e. The molecule has 6 rings (SSSR count). The van der Waals surface area contributed by atoms with Crippen molar-refractivity contribution in [3.05, 3.63) is 110 Å². The Balaban J connectivity index is 1.52. The van der Waals surface area contributed by atoms with E-state index in [1.165, 1.54) is 33.0 Å². The van der Waals surface area contributed by atoms with Crippen molar-refractivity contribution in [1.82, 2.24) is 14.0 Å². The van der Waals surface area contributed by atoms with Crippen LogP contribution >= 0.6 is 11.3 Å². The standard InChI is InChI=1S/C29H22F2N6O3S/c1-17-27(28(39)37(35(17)2)20-6-4-3-5-7-20)34-29-36(32-14-18-8-10-21(30)22(31)12-18)24(16-41-29)19-9-11-25-23(13-19)33-26(38)15-40-25/h3-14,16H,15H2,1-2H3,(H,33,38). The van der Waals surface area contributed by atoms with Gasteiger partial charge in [0.15, 0.2) is 23.9 Å². The third-order valence-corrected chi connectivity index (χ3v) is 7.41. The van der Waals surface area contributed by atoms with Crippen LogP contribution in [0.15, 0.2) is 87.0 Å². The van der Waals surface area contributed by atoms with Crippen molar-refractivity contribution < 1.29 is 18.3 Å². The van der Waals surface area contributed by atoms with Crippen molar-refractivity contribution >= 4 is 34.8 Å². The predicted molar refractivity (Wildman–Crippen MR) is 152 cm³/mol. The van der Waals surface area contributed by atoms with Crippen molar-refractivity contribution in [3.8, 4) is 22.7 Å². The Kier molecular flexibility index (Phi) is 6.67. The molecule has 1 aliphatic rings. The topological polar surface area (TPSA) is 94.9 Å². The number of anilines is 1. The summed E-state index contributed by atoms with van der Waals surface area (Å²) in [5.41, 5.74) is 3.35. The van der Waals surface area contributed by atoms with Crippen LogP contribution in [0, 0.1) is 18.6 Å². The Morgan fingerprint density at radius 3 is 2.61 bits per heavy atom. The molecule has 3 heterocycles. The van der Waals surface area contributed by atoms with Crippen LogP contribution in [-0.2, 0) is 11.8 Å². The monoisotopic (exact) mass is 572 g/mol. The minimum Gasteiger partial charge on any atom is -0.482 e. The van der Waals surface area contributed by atoms with Gasteiger partial charge in [0, 0.05) is 18.0 Å². The zero-order valence-corrected chi connectivity index (χ0v) is 22.7. The molecule has 0 aliphatic carbocycles. The highest BCUT2D eigenvalue weighted by Gasteiger charge is 2.19. The van der Waals surface area contributed by atoms with Gasteiger partial charge in [0.1, 0.15) is 5.75 Å². The second kappa shape index (κ2) is 10.5. The molecule has 206 valence electrons. The van der Waals surface area contributed by atoms with Crippen LogP contribution in [0.5, 0.6) is 5.75 Å². The summed E-state index contributed by atoms with van der Waals surface area (Å²) in [5, 5.41) is 9.14. The number of halogens is 2. The molecule has 0 saturated heterocycles. The largest absolute Gasteiger partial charge is 0.482 e. The molecule has 0 atom stereocenters. The average molecular weight is 573 g/mol. The highest BCUT2D eigenvalue weighted by Crippen LogP contribution is 2.33. The summed E-state index contributed by atoms with van der Waals surface area (Å²) in [4.78, 5) is 30.5. The normalized spacial score (nSPS) is 13.4. The van der Waals surface area contributed by atoms with Crippen LogP contribution in [0.2, 0.25) is 0 Å². The van der Waals surface area contributed by atoms with Gasteiger partial charge in [0.25, 0.3) is 11.5 Å². The predicted octanol–water partition coefficient (Wildman–Crippen LogP) is 4.74. The van der Waals surface area contributed by atoms with Crippen LogP contribution in [0.3, 0.4) is 0 Å². The van der Waals surface area contributed by atoms with E-state index < -0.39 is 11.6 Å². The number of hydrogen-bond donors (Lipinski definition) is 1. The molecule has 0 saturated carbocycles. The number of hydrogen-bond acceptors (Lipinski definition) is 6. The van der Waals surface area contributed by atoms with Gasteiger partial charge in [-0.3, -0.25) is 14.3 Å². The summed E-state index contributed by atoms with van der Waals surface area (Å²) in [5.74, 6) is -1.70. The molecule has 5 aromatic rings. The lowest BCUT2D eigenvalue weighted by atomic mass is 10.1. The number of carbonyl (C=O) groups excluding carboxylic acids is 1. The number of fused-ring (bicyclic) bond motifs is 1. The summed E-state index contributed by atoms with van der Waals surface area (Å²) in [6, 6.07) is 18.0. The number of aromatic nitrogens is 3. The molecule has 0 fully saturated rings. The molecule has 3 aromatic carbocycles. The Bertz CT molecular complexity index is 1970. The lowest BCUT2D eigenvalue weighted by molar-refractivity contribution is -0.118. The van der Waals surface area contributed by atoms with Crippen molar-refractivity contribution in [2.24, 2.45) is 17.1 Å². The van der Waals surface area contributed by atoms with Gasteiger partial charge in [-0.25, -0.2) is 23.1 Å². The van der Waals surface area contributed by atoms with Gasteiger partial charge in [-0.15, -0.1) is 11.3 Å². The lowest BCUT2D eigenvalue weighted by Crippen LogP contribution is -2.25. The summed E-state index contributed by atoms with van der Waals surface area (Å²) in [7, 11) is 1.78. The first-order valence-electron chi connectivity index (χ1n) is 12.5. The quantitative estimate of drug-likeness (QED) is 0.309. The average Bonchev–Trinajstić information content (AvgIpc) is 3.47. The van der Waals surface area contributed by atoms with Gasteiger partial charge in [-0.2, -0.15) is 5.10 Å². The maximum absolute atomic E-state index is 13.9. The summed E-state index contributed by atoms with van der Waals surface area (Å²) in [6.45, 7) is 1.73. The number of benzene rings is 3. The van der Waals surface area contributed by atoms with E-state index in [9.17, 15) is 18.4 Å². The first-order valence-corrected chi connectivity index (χ1v) is 13.3. The number of ether oxygens (including phenoxy) is 1. The highest BCUT2D eigenvalue weighted by atomic mass is 32.1. The van der Waals surface area contributed by atoms with E-state index in [0.717, 1.165) is 12.1 Å². The van der Waals surface area contributed by atoms with Crippen LogP contribution < -0.4 is 20.4 Å². The molecule has 0 unspecified atom stereocenters. The van der Waals surface area contributed by atoms with Gasteiger partial charge < -0.3 is 10.1 Å². The van der Waals surface area contributed by atoms with Crippen LogP contribution in [0.4, 0.5) is 20.2 Å². The third-order valence-electron chi connectivity index (χ3n) is 6.59. The molecule has 12 heteroatoms. The van der Waals surface area contributed by atoms with Crippen molar-refractivity contribution in [2.45, 2.75) is 6.92 Å². The Morgan fingerprint density at radius 2 is 1.83 bits per heavy atom. The molecule has 0 radical (unpaired) electrons. The fourth-order valence-corrected chi connectivity index (χ4v) is 5.27. The maximum atomic E-state index is 13.9. The van der Waals surface area contributed by atoms with Crippen LogP contribution in [0.25, 0.3) is 16.9 Å². The van der Waals surface area contributed by atoms with Gasteiger partial charge in [-0.05, 0) is 55.0 Å². The van der Waals surface area contributed by atoms with E-state index in [0.29, 0.717) is 44.4 Å². The molecule has 0 spiro atoms. The molecule has 2 aromatic heterocycles. The SMILES string of the molecule is Cc1c(N=c2scc(-c3ccc4c(c3)NC(=O)CO4)n2N=Cc2ccc(F)c(F)c2)c(=O)n(-c2ccccc2)n1C. The number of amides is 1. The van der Waals surface area contributed by atoms with Crippen LogP contribution in [-0.4, -0.2) is 32.8 Å². The Morgan fingerprint density at radius 1 is 1.02 bits per heavy atom. The van der Waals surface area contributed by atoms with Gasteiger partial charge in [-0.1, -0.05) is 24.3 Å². The number of nitrogens with zero attached hydrogens (tertiary/aromatic N) is 5. The first-order chi connectivity index (χ1) is 19.8. The fraction of sp³-hybridized carbons (Fsp3) is 0.103. The summed E-state index contributed by atoms with van der Waals surface area (Å²) >= 11 is 1.25. The van der Waals surface area contributed by atoms with E-state index >= 15 is 0 Å². The van der Waals surface area contributed by atoms with Gasteiger partial charge >= 0.3 is 0 Å². The minimum atomic E-state index is -0.999. The molecule has 1 amide bonds. The Hall–Kier alpha value is -5.10. The summed E-state index contributed by atoms with van der Waals surface area (Å²) in [6.07, 6.45) is 1.38. The molecule has 1 aliphatic heterocycles. The molecule has 9 nitrogen and oxygen atoms in total. The van der Waals surface area contributed by atoms with Crippen molar-refractivity contribution in [2.75, 3.05) is 11.9 Å². The second-order valence-electron chi connectivity index (χ2n) is 9.20. The van der Waals surface area contributed by atoms with Crippen LogP contribution in [0.1, 0.15) is 11.3 Å². The highest BCUT2D eigenvalue weighted by molar-refractivity contribution is 7.07. The number of rotatable bonds is 5. The summed E-state index contributed by atoms with van der Waals surface area (Å²) < 4.78 is 37.6. The van der Waals surface area contributed by atoms with E-state index in [-0.39, 0.29) is 23.8 Å². The molecule has 41 heavy (non-hydrogen) atoms. The van der Waals surface area contributed by atoms with Crippen molar-refractivity contribution in [1.29, 1.82) is 0 Å². The van der Waals surface area contributed by atoms with Gasteiger partial charge in [0.2, 0.25) is 4.80 Å². The van der Waals surface area contributed by atoms with E-state index in [1.807, 2.05) is 41.8 Å². The van der Waals surface area contributed by atoms with E-state index in [2.05, 4.69) is 10.4 Å². The number of para-hydroxylation sites is 1. The zero-order chi connectivity index (χ0) is 28.7. The van der Waals surface area contributed by atoms with Crippen molar-refractivity contribution in [3.63, 3.8) is 0 Å². The molecule has 0 bridgehead atoms. The van der Waals surface area contributed by atoms with E-state index in [4.69, 9.17) is 9.73 Å². The molecular formula is C29H22F2N6O3S. The second-order valence-corrected chi connectivity index (χ2v) is 10.0.